The van der Waals surface area contributed by atoms with Crippen LogP contribution in [0.5, 0.6) is 23.0 Å². The summed E-state index contributed by atoms with van der Waals surface area (Å²) < 4.78 is 50.0. The van der Waals surface area contributed by atoms with Crippen LogP contribution in [-0.4, -0.2) is 129 Å². The van der Waals surface area contributed by atoms with Gasteiger partial charge in [0.05, 0.1) is 93.8 Å². The van der Waals surface area contributed by atoms with E-state index in [1.807, 2.05) is 6.07 Å². The number of carbonyl (C=O) groups excluding carboxylic acids is 5. The van der Waals surface area contributed by atoms with Crippen molar-refractivity contribution in [3.63, 3.8) is 0 Å². The highest BCUT2D eigenvalue weighted by atomic mass is 16.6. The van der Waals surface area contributed by atoms with Crippen LogP contribution in [0, 0.1) is 5.92 Å². The Morgan fingerprint density at radius 3 is 2.00 bits per heavy atom. The number of nitrogens with zero attached hydrogens (tertiary/aromatic N) is 3. The molecule has 0 bridgehead atoms. The van der Waals surface area contributed by atoms with E-state index in [4.69, 9.17) is 53.9 Å². The van der Waals surface area contributed by atoms with Gasteiger partial charge in [-0.25, -0.2) is 0 Å². The van der Waals surface area contributed by atoms with Crippen molar-refractivity contribution in [3.8, 4) is 34.1 Å². The highest BCUT2D eigenvalue weighted by Crippen LogP contribution is 2.51. The molecule has 404 valence electrons. The van der Waals surface area contributed by atoms with E-state index in [1.165, 1.54) is 27.4 Å². The van der Waals surface area contributed by atoms with E-state index in [-0.39, 0.29) is 81.3 Å². The number of fused-ring (bicyclic) bond motifs is 3. The number of aryl methyl sites for hydroxylation is 1. The van der Waals surface area contributed by atoms with E-state index in [1.54, 1.807) is 57.4 Å². The first-order valence-corrected chi connectivity index (χ1v) is 24.7. The van der Waals surface area contributed by atoms with Gasteiger partial charge in [0, 0.05) is 36.3 Å². The first-order valence-electron chi connectivity index (χ1n) is 24.7. The van der Waals surface area contributed by atoms with Gasteiger partial charge in [-0.2, -0.15) is 0 Å². The van der Waals surface area contributed by atoms with Crippen molar-refractivity contribution in [2.75, 3.05) is 87.8 Å². The molecular formula is C53H72N6O15. The smallest absolute Gasteiger partial charge is 0.306 e. The lowest BCUT2D eigenvalue weighted by atomic mass is 9.90. The molecule has 21 heteroatoms. The Balaban J connectivity index is 1.31. The number of hydrogen-bond donors (Lipinski definition) is 3. The van der Waals surface area contributed by atoms with E-state index in [2.05, 4.69) is 20.7 Å². The van der Waals surface area contributed by atoms with Gasteiger partial charge in [-0.15, -0.1) is 0 Å². The number of nitrogens with two attached hydrogens (primary N) is 1. The Bertz CT molecular complexity index is 2430. The topological polar surface area (TPSA) is 284 Å². The summed E-state index contributed by atoms with van der Waals surface area (Å²) in [6, 6.07) is 12.0. The molecule has 1 aliphatic rings. The first-order chi connectivity index (χ1) is 35.7. The Kier molecular flexibility index (Phi) is 26.2. The summed E-state index contributed by atoms with van der Waals surface area (Å²) in [5.74, 6) is -1.39. The second kappa shape index (κ2) is 32.4. The fourth-order valence-electron chi connectivity index (χ4n) is 8.34. The van der Waals surface area contributed by atoms with Crippen molar-refractivity contribution in [1.82, 2.24) is 10.6 Å². The molecule has 0 spiro atoms. The third kappa shape index (κ3) is 19.3. The van der Waals surface area contributed by atoms with E-state index < -0.39 is 41.7 Å². The zero-order valence-corrected chi connectivity index (χ0v) is 43.4. The average molecular weight is 1030 g/mol. The maximum absolute atomic E-state index is 13.8. The molecule has 3 atom stereocenters. The fraction of sp³-hybridized carbons (Fsp3) is 0.547. The third-order valence-corrected chi connectivity index (χ3v) is 12.2. The summed E-state index contributed by atoms with van der Waals surface area (Å²) in [7, 11) is 6.02. The minimum absolute atomic E-state index is 0.00476. The van der Waals surface area contributed by atoms with Crippen LogP contribution in [0.1, 0.15) is 87.0 Å². The molecule has 0 aliphatic heterocycles. The summed E-state index contributed by atoms with van der Waals surface area (Å²) >= 11 is 0. The molecule has 3 amide bonds. The number of esters is 1. The Morgan fingerprint density at radius 1 is 0.757 bits per heavy atom. The molecule has 0 saturated carbocycles. The number of unbranched alkanes of at least 4 members (excludes halogenated alkanes) is 1. The Hall–Kier alpha value is -6.77. The number of benzene rings is 2. The van der Waals surface area contributed by atoms with Crippen LogP contribution in [0.4, 0.5) is 0 Å². The first kappa shape index (κ1) is 59.8. The molecule has 4 N–H and O–H groups in total. The highest BCUT2D eigenvalue weighted by molar-refractivity contribution is 5.93. The van der Waals surface area contributed by atoms with Crippen LogP contribution >= 0.6 is 0 Å². The van der Waals surface area contributed by atoms with Crippen molar-refractivity contribution in [2.24, 2.45) is 16.8 Å². The number of hydrogen-bond acceptors (Lipinski definition) is 16. The number of amides is 3. The van der Waals surface area contributed by atoms with Crippen LogP contribution in [0.25, 0.3) is 21.6 Å². The van der Waals surface area contributed by atoms with Gasteiger partial charge in [-0.05, 0) is 89.1 Å². The second-order valence-corrected chi connectivity index (χ2v) is 17.7. The molecule has 0 aromatic heterocycles. The van der Waals surface area contributed by atoms with Gasteiger partial charge in [0.1, 0.15) is 12.6 Å². The lowest BCUT2D eigenvalue weighted by Crippen LogP contribution is -2.54. The number of rotatable bonds is 35. The van der Waals surface area contributed by atoms with Crippen LogP contribution in [-0.2, 0) is 67.1 Å². The second-order valence-electron chi connectivity index (χ2n) is 17.7. The number of Topliss-reactive ketones (excluding diaryl/α,β-unsaturated/α-hetero) is 1. The van der Waals surface area contributed by atoms with Crippen LogP contribution in [0.3, 0.4) is 0 Å². The predicted octanol–water partition coefficient (Wildman–Crippen LogP) is 5.46. The number of primary amides is 1. The van der Waals surface area contributed by atoms with Gasteiger partial charge in [-0.1, -0.05) is 55.7 Å². The lowest BCUT2D eigenvalue weighted by Gasteiger charge is -2.25. The Labute approximate surface area is 432 Å². The number of methoxy groups -OCH3 is 4. The molecule has 3 aromatic rings. The fourth-order valence-corrected chi connectivity index (χ4v) is 8.34. The largest absolute Gasteiger partial charge is 0.493 e. The van der Waals surface area contributed by atoms with Gasteiger partial charge >= 0.3 is 5.97 Å². The minimum atomic E-state index is -0.939. The number of ether oxygens (including phenoxy) is 9. The monoisotopic (exact) mass is 1030 g/mol. The zero-order valence-electron chi connectivity index (χ0n) is 43.4. The lowest BCUT2D eigenvalue weighted by molar-refractivity contribution is -0.145. The average Bonchev–Trinajstić information content (AvgIpc) is 3.63. The van der Waals surface area contributed by atoms with E-state index in [9.17, 15) is 28.8 Å². The maximum atomic E-state index is 13.8. The quantitative estimate of drug-likeness (QED) is 0.0217. The number of nitrogens with one attached hydrogen (secondary N) is 2. The number of ketones is 1. The van der Waals surface area contributed by atoms with Crippen LogP contribution in [0.2, 0.25) is 0 Å². The van der Waals surface area contributed by atoms with Gasteiger partial charge in [0.2, 0.25) is 28.9 Å². The standard InChI is InChI=1S/C53H72N6O15/c1-34(2)50(58-47(63)19-21-70-23-25-72-27-28-73-26-24-71-22-20-56-59-55)53(65)57-41(9-7-8-10-46(54)62)42(60)29-35-11-13-36(14-12-35)33-74-48(64)31-37-15-16-38-30-45(67-4)51(68-5)52(69-6)49(38)39-17-18-44(66-3)43(61)32-40(37)39/h11-14,17-18,30,32,34,37,41,50H,7-10,15-16,19-29,31,33H2,1-6H3,(H2,54,62)(H,57,65)(H,58,63)/t37-,41?,50+/m1/s1. The van der Waals surface area contributed by atoms with Gasteiger partial charge in [0.15, 0.2) is 23.0 Å². The van der Waals surface area contributed by atoms with Gasteiger partial charge in [-0.3, -0.25) is 28.8 Å². The summed E-state index contributed by atoms with van der Waals surface area (Å²) in [4.78, 5) is 81.4. The van der Waals surface area contributed by atoms with Crippen molar-refractivity contribution >= 4 is 29.5 Å². The Morgan fingerprint density at radius 2 is 1.39 bits per heavy atom. The molecule has 0 fully saturated rings. The van der Waals surface area contributed by atoms with E-state index in [0.717, 1.165) is 11.1 Å². The van der Waals surface area contributed by atoms with Gasteiger partial charge in [0.25, 0.3) is 0 Å². The van der Waals surface area contributed by atoms with Crippen LogP contribution in [0.15, 0.2) is 58.4 Å². The molecular weight excluding hydrogens is 961 g/mol. The highest BCUT2D eigenvalue weighted by Gasteiger charge is 2.32. The van der Waals surface area contributed by atoms with E-state index in [0.29, 0.717) is 105 Å². The number of azide groups is 1. The molecule has 4 rings (SSSR count). The molecule has 1 aliphatic carbocycles. The van der Waals surface area contributed by atoms with Crippen molar-refractivity contribution in [3.05, 3.63) is 91.5 Å². The van der Waals surface area contributed by atoms with Crippen molar-refractivity contribution < 1.29 is 66.6 Å². The molecule has 0 radical (unpaired) electrons. The molecule has 74 heavy (non-hydrogen) atoms. The molecule has 3 aromatic carbocycles. The van der Waals surface area contributed by atoms with Crippen molar-refractivity contribution in [1.29, 1.82) is 0 Å². The normalized spacial score (nSPS) is 13.5. The zero-order chi connectivity index (χ0) is 53.8. The predicted molar refractivity (Wildman–Crippen MR) is 273 cm³/mol. The van der Waals surface area contributed by atoms with E-state index >= 15 is 0 Å². The minimum Gasteiger partial charge on any atom is -0.493 e. The summed E-state index contributed by atoms with van der Waals surface area (Å²) in [5, 5.41) is 9.00. The van der Waals surface area contributed by atoms with Gasteiger partial charge < -0.3 is 59.0 Å². The molecule has 1 unspecified atom stereocenters. The summed E-state index contributed by atoms with van der Waals surface area (Å²) in [6.45, 7) is 6.21. The summed E-state index contributed by atoms with van der Waals surface area (Å²) in [5.41, 5.74) is 17.5. The van der Waals surface area contributed by atoms with Crippen molar-refractivity contribution in [2.45, 2.75) is 96.2 Å². The molecule has 0 heterocycles. The number of carbonyl (C=O) groups is 5. The third-order valence-electron chi connectivity index (χ3n) is 12.2. The van der Waals surface area contributed by atoms with Crippen LogP contribution < -0.4 is 40.7 Å². The molecule has 0 saturated heterocycles. The maximum Gasteiger partial charge on any atom is 0.306 e. The summed E-state index contributed by atoms with van der Waals surface area (Å²) in [6.07, 6.45) is 2.24. The molecule has 21 nitrogen and oxygen atoms in total. The SMILES string of the molecule is COc1cc2c(c(OC)c1OC)-c1ccc(OC)c(=O)cc1[C@@H](CC(=O)OCc1ccc(CC(=O)C(CCCCC(N)=O)NC(=O)[C@@H](NC(=O)CCOCCOCCOCCOCCN=[N+]=[N-])C(C)C)cc1)CC2.